The number of halogens is 3. The molecule has 4 rings (SSSR count). The Labute approximate surface area is 243 Å². The molecule has 1 N–H and O–H groups in total. The van der Waals surface area contributed by atoms with Gasteiger partial charge in [0.1, 0.15) is 5.82 Å². The van der Waals surface area contributed by atoms with Gasteiger partial charge < -0.3 is 14.8 Å². The first-order valence-electron chi connectivity index (χ1n) is 14.1. The van der Waals surface area contributed by atoms with Crippen molar-refractivity contribution in [2.75, 3.05) is 25.1 Å². The van der Waals surface area contributed by atoms with Crippen LogP contribution in [-0.4, -0.2) is 46.7 Å². The Kier molecular flexibility index (Phi) is 9.44. The van der Waals surface area contributed by atoms with E-state index in [9.17, 15) is 23.2 Å². The summed E-state index contributed by atoms with van der Waals surface area (Å²) in [6.45, 7) is 5.30. The largest absolute Gasteiger partial charge is 0.477 e. The summed E-state index contributed by atoms with van der Waals surface area (Å²) in [6, 6.07) is 12.0. The number of aromatic nitrogens is 3. The van der Waals surface area contributed by atoms with E-state index in [1.165, 1.54) is 23.8 Å². The monoisotopic (exact) mass is 583 g/mol. The molecule has 0 saturated heterocycles. The molecule has 0 amide bonds. The summed E-state index contributed by atoms with van der Waals surface area (Å²) in [5.41, 5.74) is 1.01. The molecular weight excluding hydrogens is 547 g/mol. The van der Waals surface area contributed by atoms with E-state index in [2.05, 4.69) is 16.5 Å². The molecule has 2 aromatic heterocycles. The number of nitrogens with zero attached hydrogens (tertiary/aromatic N) is 4. The van der Waals surface area contributed by atoms with Crippen LogP contribution >= 0.6 is 0 Å². The van der Waals surface area contributed by atoms with Gasteiger partial charge in [-0.05, 0) is 80.8 Å². The normalized spacial score (nSPS) is 14.0. The van der Waals surface area contributed by atoms with Gasteiger partial charge in [-0.1, -0.05) is 12.1 Å². The number of nitriles is 1. The molecule has 1 unspecified atom stereocenters. The Morgan fingerprint density at radius 1 is 1.19 bits per heavy atom. The van der Waals surface area contributed by atoms with E-state index < -0.39 is 23.5 Å². The minimum atomic E-state index is -4.53. The van der Waals surface area contributed by atoms with Crippen molar-refractivity contribution in [3.8, 4) is 11.9 Å². The summed E-state index contributed by atoms with van der Waals surface area (Å²) in [5, 5.41) is 17.5. The number of hydrogen-bond acceptors (Lipinski definition) is 7. The Morgan fingerprint density at radius 3 is 2.69 bits per heavy atom. The lowest BCUT2D eigenvalue weighted by Crippen LogP contribution is -2.36. The molecule has 8 nitrogen and oxygen atoms in total. The number of hydrogen-bond donors (Lipinski definition) is 1. The van der Waals surface area contributed by atoms with Crippen LogP contribution in [-0.2, 0) is 41.3 Å². The third-order valence-corrected chi connectivity index (χ3v) is 7.61. The van der Waals surface area contributed by atoms with E-state index in [0.29, 0.717) is 30.2 Å². The molecule has 0 spiro atoms. The number of rotatable bonds is 11. The molecule has 42 heavy (non-hydrogen) atoms. The van der Waals surface area contributed by atoms with Gasteiger partial charge >= 0.3 is 12.1 Å². The van der Waals surface area contributed by atoms with Crippen molar-refractivity contribution in [3.05, 3.63) is 70.0 Å². The minimum absolute atomic E-state index is 0.0473. The van der Waals surface area contributed by atoms with Crippen molar-refractivity contribution >= 4 is 11.8 Å². The molecule has 1 atom stereocenters. The number of carbonyl (C=O) groups is 1. The van der Waals surface area contributed by atoms with Crippen LogP contribution in [0.25, 0.3) is 0 Å². The summed E-state index contributed by atoms with van der Waals surface area (Å²) in [4.78, 5) is 17.2. The van der Waals surface area contributed by atoms with Crippen molar-refractivity contribution < 1.29 is 27.4 Å². The fourth-order valence-corrected chi connectivity index (χ4v) is 4.97. The maximum atomic E-state index is 13.9. The number of pyridine rings is 1. The van der Waals surface area contributed by atoms with Crippen molar-refractivity contribution in [1.29, 1.82) is 5.26 Å². The first-order chi connectivity index (χ1) is 19.9. The molecule has 0 bridgehead atoms. The van der Waals surface area contributed by atoms with E-state index >= 15 is 0 Å². The molecule has 0 fully saturated rings. The van der Waals surface area contributed by atoms with Crippen LogP contribution in [0.1, 0.15) is 73.2 Å². The molecule has 3 heterocycles. The SMILES string of the molecule is CCOC(=O)CC(Cc1cc(OCCc2ccc3c(n2)NCCC3)n(C)n1)c1cc(C#N)cc(C(C)(C)C(F)(F)F)c1. The predicted molar refractivity (Wildman–Crippen MR) is 151 cm³/mol. The summed E-state index contributed by atoms with van der Waals surface area (Å²) >= 11 is 0. The van der Waals surface area contributed by atoms with E-state index in [-0.39, 0.29) is 30.6 Å². The molecular formula is C31H36F3N5O3. The summed E-state index contributed by atoms with van der Waals surface area (Å²) < 4.78 is 54.4. The summed E-state index contributed by atoms with van der Waals surface area (Å²) in [5.74, 6) is 0.383. The second-order valence-electron chi connectivity index (χ2n) is 11.0. The molecule has 0 radical (unpaired) electrons. The minimum Gasteiger partial charge on any atom is -0.477 e. The lowest BCUT2D eigenvalue weighted by Gasteiger charge is -2.29. The molecule has 1 aromatic carbocycles. The van der Waals surface area contributed by atoms with Gasteiger partial charge in [-0.3, -0.25) is 4.79 Å². The number of carbonyl (C=O) groups excluding carboxylic acids is 1. The van der Waals surface area contributed by atoms with Crippen LogP contribution in [0.5, 0.6) is 5.88 Å². The quantitative estimate of drug-likeness (QED) is 0.285. The number of ether oxygens (including phenoxy) is 2. The smallest absolute Gasteiger partial charge is 0.397 e. The number of nitrogens with one attached hydrogen (secondary N) is 1. The lowest BCUT2D eigenvalue weighted by atomic mass is 9.80. The second-order valence-corrected chi connectivity index (χ2v) is 11.0. The summed E-state index contributed by atoms with van der Waals surface area (Å²) in [6.07, 6.45) is -1.68. The first-order valence-corrected chi connectivity index (χ1v) is 14.1. The molecule has 1 aliphatic heterocycles. The van der Waals surface area contributed by atoms with Gasteiger partial charge in [0.05, 0.1) is 42.4 Å². The highest BCUT2D eigenvalue weighted by Gasteiger charge is 2.48. The van der Waals surface area contributed by atoms with Gasteiger partial charge in [-0.2, -0.15) is 23.5 Å². The molecule has 0 saturated carbocycles. The number of alkyl halides is 3. The maximum absolute atomic E-state index is 13.9. The van der Waals surface area contributed by atoms with Gasteiger partial charge in [0.2, 0.25) is 5.88 Å². The van der Waals surface area contributed by atoms with Crippen molar-refractivity contribution in [2.24, 2.45) is 7.05 Å². The van der Waals surface area contributed by atoms with E-state index in [0.717, 1.165) is 44.7 Å². The average molecular weight is 584 g/mol. The van der Waals surface area contributed by atoms with E-state index in [4.69, 9.17) is 14.5 Å². The molecule has 1 aliphatic rings. The van der Waals surface area contributed by atoms with Gasteiger partial charge in [-0.15, -0.1) is 0 Å². The number of esters is 1. The standard InChI is InChI=1S/C31H36F3N5O3/c1-5-41-28(40)17-23(22-13-20(19-35)14-24(15-22)30(2,3)31(32,33)34)16-26-18-27(39(4)38-26)42-12-10-25-9-8-21-7-6-11-36-29(21)37-25/h8-9,13-15,18,23H,5-7,10-12,16-17H2,1-4H3,(H,36,37). The zero-order chi connectivity index (χ0) is 30.5. The van der Waals surface area contributed by atoms with Crippen molar-refractivity contribution in [3.63, 3.8) is 0 Å². The van der Waals surface area contributed by atoms with E-state index in [1.54, 1.807) is 24.7 Å². The Balaban J connectivity index is 1.53. The topological polar surface area (TPSA) is 102 Å². The Hall–Kier alpha value is -4.07. The Morgan fingerprint density at radius 2 is 1.98 bits per heavy atom. The van der Waals surface area contributed by atoms with Crippen molar-refractivity contribution in [2.45, 2.75) is 70.4 Å². The van der Waals surface area contributed by atoms with Crippen LogP contribution in [0.15, 0.2) is 36.4 Å². The highest BCUT2D eigenvalue weighted by Crippen LogP contribution is 2.42. The van der Waals surface area contributed by atoms with Crippen LogP contribution in [0.2, 0.25) is 0 Å². The number of fused-ring (bicyclic) bond motifs is 1. The highest BCUT2D eigenvalue weighted by molar-refractivity contribution is 5.70. The highest BCUT2D eigenvalue weighted by atomic mass is 19.4. The Bertz CT molecular complexity index is 1460. The lowest BCUT2D eigenvalue weighted by molar-refractivity contribution is -0.180. The fourth-order valence-electron chi connectivity index (χ4n) is 4.97. The van der Waals surface area contributed by atoms with Gasteiger partial charge in [0.25, 0.3) is 0 Å². The maximum Gasteiger partial charge on any atom is 0.397 e. The van der Waals surface area contributed by atoms with Gasteiger partial charge in [-0.25, -0.2) is 9.67 Å². The zero-order valence-corrected chi connectivity index (χ0v) is 24.3. The van der Waals surface area contributed by atoms with Crippen LogP contribution in [0.3, 0.4) is 0 Å². The average Bonchev–Trinajstić information content (AvgIpc) is 3.30. The van der Waals surface area contributed by atoms with Crippen LogP contribution in [0, 0.1) is 11.3 Å². The molecule has 11 heteroatoms. The fraction of sp³-hybridized carbons (Fsp3) is 0.484. The van der Waals surface area contributed by atoms with E-state index in [1.807, 2.05) is 12.1 Å². The summed E-state index contributed by atoms with van der Waals surface area (Å²) in [7, 11) is 1.74. The van der Waals surface area contributed by atoms with Crippen LogP contribution < -0.4 is 10.1 Å². The number of anilines is 1. The number of aryl methyl sites for hydroxylation is 2. The molecule has 224 valence electrons. The van der Waals surface area contributed by atoms with Crippen molar-refractivity contribution in [1.82, 2.24) is 14.8 Å². The van der Waals surface area contributed by atoms with Crippen LogP contribution in [0.4, 0.5) is 19.0 Å². The van der Waals surface area contributed by atoms with Gasteiger partial charge in [0.15, 0.2) is 0 Å². The zero-order valence-electron chi connectivity index (χ0n) is 24.3. The third-order valence-electron chi connectivity index (χ3n) is 7.61. The molecule has 0 aliphatic carbocycles. The predicted octanol–water partition coefficient (Wildman–Crippen LogP) is 5.79. The third kappa shape index (κ3) is 7.22. The van der Waals surface area contributed by atoms with Gasteiger partial charge in [0, 0.05) is 31.8 Å². The molecule has 3 aromatic rings. The second kappa shape index (κ2) is 12.8. The number of benzene rings is 1. The first kappa shape index (κ1) is 30.9.